The maximum atomic E-state index is 11.0. The summed E-state index contributed by atoms with van der Waals surface area (Å²) >= 11 is 0. The molecule has 0 saturated carbocycles. The normalized spacial score (nSPS) is 10.6. The van der Waals surface area contributed by atoms with Crippen LogP contribution >= 0.6 is 0 Å². The summed E-state index contributed by atoms with van der Waals surface area (Å²) < 4.78 is 0. The minimum absolute atomic E-state index is 0.0300. The molecule has 0 unspecified atom stereocenters. The number of hydrogen-bond donors (Lipinski definition) is 0. The van der Waals surface area contributed by atoms with Crippen molar-refractivity contribution in [2.75, 3.05) is 0 Å². The molecule has 0 aliphatic rings. The van der Waals surface area contributed by atoms with Gasteiger partial charge in [0.2, 0.25) is 0 Å². The fraction of sp³-hybridized carbons (Fsp3) is 0.300. The molecule has 0 aliphatic heterocycles. The van der Waals surface area contributed by atoms with Crippen LogP contribution in [0.2, 0.25) is 0 Å². The van der Waals surface area contributed by atoms with Crippen molar-refractivity contribution >= 4 is 5.78 Å². The Morgan fingerprint density at radius 1 is 1.18 bits per heavy atom. The SMILES string of the molecule is C=C/C(C)=C/C(=O)C=C(C)C. The number of allylic oxidation sites excluding steroid dienone is 5. The zero-order valence-corrected chi connectivity index (χ0v) is 7.35. The molecule has 0 atom stereocenters. The van der Waals surface area contributed by atoms with E-state index in [9.17, 15) is 4.79 Å². The molecule has 11 heavy (non-hydrogen) atoms. The van der Waals surface area contributed by atoms with Crippen molar-refractivity contribution in [2.24, 2.45) is 0 Å². The largest absolute Gasteiger partial charge is 0.290 e. The van der Waals surface area contributed by atoms with Gasteiger partial charge in [0.05, 0.1) is 0 Å². The number of carbonyl (C=O) groups excluding carboxylic acids is 1. The lowest BCUT2D eigenvalue weighted by Crippen LogP contribution is -1.87. The molecule has 0 fully saturated rings. The van der Waals surface area contributed by atoms with Crippen molar-refractivity contribution in [1.82, 2.24) is 0 Å². The molecule has 0 aliphatic carbocycles. The highest BCUT2D eigenvalue weighted by molar-refractivity contribution is 6.00. The molecule has 0 radical (unpaired) electrons. The molecule has 0 aromatic carbocycles. The van der Waals surface area contributed by atoms with Gasteiger partial charge in [-0.25, -0.2) is 0 Å². The maximum Gasteiger partial charge on any atom is 0.178 e. The van der Waals surface area contributed by atoms with E-state index in [1.165, 1.54) is 0 Å². The molecule has 0 rings (SSSR count). The molecule has 1 heteroatoms. The Balaban J connectivity index is 4.30. The molecule has 0 aromatic heterocycles. The number of carbonyl (C=O) groups is 1. The fourth-order valence-electron chi connectivity index (χ4n) is 0.610. The average molecular weight is 150 g/mol. The van der Waals surface area contributed by atoms with Crippen LogP contribution in [0.1, 0.15) is 20.8 Å². The van der Waals surface area contributed by atoms with Gasteiger partial charge in [0.15, 0.2) is 5.78 Å². The Morgan fingerprint density at radius 2 is 1.73 bits per heavy atom. The number of ketones is 1. The Hall–Kier alpha value is -1.11. The molecule has 1 nitrogen and oxygen atoms in total. The molecule has 0 N–H and O–H groups in total. The van der Waals surface area contributed by atoms with Crippen LogP contribution in [0.4, 0.5) is 0 Å². The van der Waals surface area contributed by atoms with E-state index in [-0.39, 0.29) is 5.78 Å². The lowest BCUT2D eigenvalue weighted by molar-refractivity contribution is -0.110. The van der Waals surface area contributed by atoms with Crippen LogP contribution < -0.4 is 0 Å². The summed E-state index contributed by atoms with van der Waals surface area (Å²) in [5.74, 6) is 0.0300. The van der Waals surface area contributed by atoms with Crippen LogP contribution in [0.15, 0.2) is 36.0 Å². The standard InChI is InChI=1S/C10H14O/c1-5-9(4)7-10(11)6-8(2)3/h5-7H,1H2,2-4H3/b9-7+. The van der Waals surface area contributed by atoms with Crippen molar-refractivity contribution < 1.29 is 4.79 Å². The van der Waals surface area contributed by atoms with Crippen LogP contribution in [0.3, 0.4) is 0 Å². The second kappa shape index (κ2) is 4.67. The summed E-state index contributed by atoms with van der Waals surface area (Å²) in [6.07, 6.45) is 4.84. The smallest absolute Gasteiger partial charge is 0.178 e. The molecule has 0 spiro atoms. The van der Waals surface area contributed by atoms with Crippen molar-refractivity contribution in [2.45, 2.75) is 20.8 Å². The summed E-state index contributed by atoms with van der Waals surface area (Å²) in [6, 6.07) is 0. The monoisotopic (exact) mass is 150 g/mol. The topological polar surface area (TPSA) is 17.1 Å². The van der Waals surface area contributed by atoms with Crippen molar-refractivity contribution in [3.8, 4) is 0 Å². The zero-order valence-electron chi connectivity index (χ0n) is 7.35. The maximum absolute atomic E-state index is 11.0. The Morgan fingerprint density at radius 3 is 2.09 bits per heavy atom. The van der Waals surface area contributed by atoms with Crippen LogP contribution in [0.25, 0.3) is 0 Å². The predicted molar refractivity (Wildman–Crippen MR) is 48.4 cm³/mol. The van der Waals surface area contributed by atoms with Crippen molar-refractivity contribution in [3.63, 3.8) is 0 Å². The first-order valence-electron chi connectivity index (χ1n) is 3.56. The third-order valence-electron chi connectivity index (χ3n) is 1.12. The van der Waals surface area contributed by atoms with E-state index in [2.05, 4.69) is 6.58 Å². The quantitative estimate of drug-likeness (QED) is 0.446. The minimum Gasteiger partial charge on any atom is -0.290 e. The summed E-state index contributed by atoms with van der Waals surface area (Å²) in [4.78, 5) is 11.0. The summed E-state index contributed by atoms with van der Waals surface area (Å²) in [7, 11) is 0. The minimum atomic E-state index is 0.0300. The molecular formula is C10H14O. The Bertz CT molecular complexity index is 215. The summed E-state index contributed by atoms with van der Waals surface area (Å²) in [5, 5.41) is 0. The summed E-state index contributed by atoms with van der Waals surface area (Å²) in [5.41, 5.74) is 1.91. The molecule has 0 saturated heterocycles. The molecular weight excluding hydrogens is 136 g/mol. The van der Waals surface area contributed by atoms with Gasteiger partial charge in [-0.2, -0.15) is 0 Å². The highest BCUT2D eigenvalue weighted by Crippen LogP contribution is 1.96. The van der Waals surface area contributed by atoms with Crippen LogP contribution in [0, 0.1) is 0 Å². The van der Waals surface area contributed by atoms with Gasteiger partial charge in [-0.3, -0.25) is 4.79 Å². The van der Waals surface area contributed by atoms with E-state index in [0.717, 1.165) is 11.1 Å². The van der Waals surface area contributed by atoms with Gasteiger partial charge in [0.1, 0.15) is 0 Å². The molecule has 0 bridgehead atoms. The van der Waals surface area contributed by atoms with Gasteiger partial charge in [-0.05, 0) is 38.5 Å². The van der Waals surface area contributed by atoms with Gasteiger partial charge < -0.3 is 0 Å². The number of rotatable bonds is 3. The van der Waals surface area contributed by atoms with E-state index in [0.29, 0.717) is 0 Å². The highest BCUT2D eigenvalue weighted by atomic mass is 16.1. The third-order valence-corrected chi connectivity index (χ3v) is 1.12. The lowest BCUT2D eigenvalue weighted by atomic mass is 10.2. The summed E-state index contributed by atoms with van der Waals surface area (Å²) in [6.45, 7) is 9.20. The fourth-order valence-corrected chi connectivity index (χ4v) is 0.610. The van der Waals surface area contributed by atoms with E-state index in [1.54, 1.807) is 18.2 Å². The van der Waals surface area contributed by atoms with E-state index in [4.69, 9.17) is 0 Å². The van der Waals surface area contributed by atoms with Crippen LogP contribution in [-0.2, 0) is 4.79 Å². The van der Waals surface area contributed by atoms with E-state index in [1.807, 2.05) is 20.8 Å². The van der Waals surface area contributed by atoms with Gasteiger partial charge in [-0.1, -0.05) is 18.2 Å². The van der Waals surface area contributed by atoms with Crippen LogP contribution in [0.5, 0.6) is 0 Å². The Kier molecular flexibility index (Phi) is 4.20. The second-order valence-corrected chi connectivity index (χ2v) is 2.72. The molecule has 0 aromatic rings. The van der Waals surface area contributed by atoms with E-state index >= 15 is 0 Å². The third kappa shape index (κ3) is 5.34. The average Bonchev–Trinajstić information content (AvgIpc) is 1.85. The predicted octanol–water partition coefficient (Wildman–Crippen LogP) is 2.65. The first-order chi connectivity index (χ1) is 5.06. The van der Waals surface area contributed by atoms with Gasteiger partial charge in [-0.15, -0.1) is 0 Å². The van der Waals surface area contributed by atoms with E-state index < -0.39 is 0 Å². The molecule has 0 heterocycles. The molecule has 0 amide bonds. The van der Waals surface area contributed by atoms with Crippen LogP contribution in [-0.4, -0.2) is 5.78 Å². The second-order valence-electron chi connectivity index (χ2n) is 2.72. The van der Waals surface area contributed by atoms with Gasteiger partial charge >= 0.3 is 0 Å². The highest BCUT2D eigenvalue weighted by Gasteiger charge is 1.90. The van der Waals surface area contributed by atoms with Crippen molar-refractivity contribution in [3.05, 3.63) is 36.0 Å². The first-order valence-corrected chi connectivity index (χ1v) is 3.56. The molecule has 60 valence electrons. The number of hydrogen-bond acceptors (Lipinski definition) is 1. The van der Waals surface area contributed by atoms with Gasteiger partial charge in [0.25, 0.3) is 0 Å². The van der Waals surface area contributed by atoms with Crippen molar-refractivity contribution in [1.29, 1.82) is 0 Å². The Labute approximate surface area is 68.1 Å². The van der Waals surface area contributed by atoms with Gasteiger partial charge in [0, 0.05) is 0 Å². The first kappa shape index (κ1) is 9.89. The lowest BCUT2D eigenvalue weighted by Gasteiger charge is -1.88. The zero-order chi connectivity index (χ0) is 8.85.